The van der Waals surface area contributed by atoms with Crippen LogP contribution in [0.15, 0.2) is 24.3 Å². The van der Waals surface area contributed by atoms with E-state index in [1.165, 1.54) is 6.92 Å². The summed E-state index contributed by atoms with van der Waals surface area (Å²) in [6.07, 6.45) is 4.78. The van der Waals surface area contributed by atoms with Crippen LogP contribution < -0.4 is 5.32 Å². The summed E-state index contributed by atoms with van der Waals surface area (Å²) in [5.41, 5.74) is 3.61. The second-order valence-electron chi connectivity index (χ2n) is 7.81. The number of hydrogen-bond donors (Lipinski definition) is 1. The third-order valence-corrected chi connectivity index (χ3v) is 5.56. The van der Waals surface area contributed by atoms with E-state index in [1.807, 2.05) is 45.1 Å². The number of esters is 1. The Kier molecular flexibility index (Phi) is 5.86. The molecule has 0 unspecified atom stereocenters. The van der Waals surface area contributed by atoms with Crippen molar-refractivity contribution in [1.29, 1.82) is 0 Å². The molecule has 3 amide bonds. The Morgan fingerprint density at radius 1 is 1.07 bits per heavy atom. The predicted molar refractivity (Wildman–Crippen MR) is 107 cm³/mol. The fourth-order valence-electron chi connectivity index (χ4n) is 4.12. The molecule has 1 aliphatic heterocycles. The fraction of sp³-hybridized carbons (Fsp3) is 0.455. The van der Waals surface area contributed by atoms with Crippen LogP contribution in [0.4, 0.5) is 5.69 Å². The summed E-state index contributed by atoms with van der Waals surface area (Å²) >= 11 is 0. The smallest absolute Gasteiger partial charge is 0.329 e. The van der Waals surface area contributed by atoms with Crippen molar-refractivity contribution in [2.24, 2.45) is 11.8 Å². The van der Waals surface area contributed by atoms with Gasteiger partial charge in [0.05, 0.1) is 11.8 Å². The summed E-state index contributed by atoms with van der Waals surface area (Å²) in [7, 11) is 0. The Hall–Kier alpha value is -2.96. The zero-order chi connectivity index (χ0) is 21.3. The zero-order valence-corrected chi connectivity index (χ0v) is 17.2. The number of imide groups is 1. The molecule has 1 N–H and O–H groups in total. The van der Waals surface area contributed by atoms with Gasteiger partial charge in [-0.1, -0.05) is 29.8 Å². The molecule has 1 aromatic rings. The topological polar surface area (TPSA) is 92.8 Å². The number of amides is 3. The van der Waals surface area contributed by atoms with E-state index in [0.29, 0.717) is 18.5 Å². The van der Waals surface area contributed by atoms with Crippen LogP contribution in [0.25, 0.3) is 0 Å². The molecule has 1 fully saturated rings. The van der Waals surface area contributed by atoms with Gasteiger partial charge in [-0.15, -0.1) is 0 Å². The van der Waals surface area contributed by atoms with Crippen LogP contribution >= 0.6 is 0 Å². The lowest BCUT2D eigenvalue weighted by molar-refractivity contribution is -0.159. The first-order valence-corrected chi connectivity index (χ1v) is 9.77. The molecule has 1 heterocycles. The van der Waals surface area contributed by atoms with Gasteiger partial charge in [0, 0.05) is 5.69 Å². The molecule has 7 heteroatoms. The van der Waals surface area contributed by atoms with Gasteiger partial charge in [-0.05, 0) is 51.7 Å². The third-order valence-electron chi connectivity index (χ3n) is 5.56. The lowest BCUT2D eigenvalue weighted by atomic mass is 9.85. The number of aryl methyl sites for hydroxylation is 3. The molecule has 7 nitrogen and oxygen atoms in total. The number of anilines is 1. The molecule has 154 valence electrons. The molecule has 2 aliphatic rings. The SMILES string of the molecule is Cc1cc(C)c(NC(=O)COC(=O)[C@H](C)N2C(=O)[C@H]3CC=CC[C@@H]3C2=O)c(C)c1. The lowest BCUT2D eigenvalue weighted by Gasteiger charge is -2.21. The van der Waals surface area contributed by atoms with Crippen molar-refractivity contribution >= 4 is 29.4 Å². The first kappa shape index (κ1) is 20.8. The first-order chi connectivity index (χ1) is 13.7. The van der Waals surface area contributed by atoms with Gasteiger partial charge in [0.25, 0.3) is 5.91 Å². The number of fused-ring (bicyclic) bond motifs is 1. The summed E-state index contributed by atoms with van der Waals surface area (Å²) in [4.78, 5) is 50.8. The van der Waals surface area contributed by atoms with E-state index in [2.05, 4.69) is 5.32 Å². The maximum absolute atomic E-state index is 12.6. The standard InChI is InChI=1S/C22H26N2O5/c1-12-9-13(2)19(14(3)10-12)23-18(25)11-29-22(28)15(4)24-20(26)16-7-5-6-8-17(16)21(24)27/h5-6,9-10,15-17H,7-8,11H2,1-4H3,(H,23,25)/t15-,16-,17-/m0/s1. The molecule has 3 atom stereocenters. The number of rotatable bonds is 5. The lowest BCUT2D eigenvalue weighted by Crippen LogP contribution is -2.45. The van der Waals surface area contributed by atoms with Crippen LogP contribution in [0, 0.1) is 32.6 Å². The van der Waals surface area contributed by atoms with Crippen molar-refractivity contribution in [3.05, 3.63) is 41.0 Å². The van der Waals surface area contributed by atoms with Gasteiger partial charge in [0.1, 0.15) is 6.04 Å². The van der Waals surface area contributed by atoms with E-state index in [-0.39, 0.29) is 11.8 Å². The van der Waals surface area contributed by atoms with Crippen LogP contribution in [0.1, 0.15) is 36.5 Å². The Balaban J connectivity index is 1.59. The van der Waals surface area contributed by atoms with Crippen LogP contribution in [0.2, 0.25) is 0 Å². The number of ether oxygens (including phenoxy) is 1. The Morgan fingerprint density at radius 2 is 1.59 bits per heavy atom. The fourth-order valence-corrected chi connectivity index (χ4v) is 4.12. The van der Waals surface area contributed by atoms with Gasteiger partial charge in [0.2, 0.25) is 11.8 Å². The molecule has 29 heavy (non-hydrogen) atoms. The minimum atomic E-state index is -1.06. The highest BCUT2D eigenvalue weighted by atomic mass is 16.5. The van der Waals surface area contributed by atoms with Gasteiger partial charge in [-0.25, -0.2) is 4.79 Å². The maximum atomic E-state index is 12.6. The van der Waals surface area contributed by atoms with Crippen molar-refractivity contribution in [2.75, 3.05) is 11.9 Å². The molecule has 0 spiro atoms. The number of hydrogen-bond acceptors (Lipinski definition) is 5. The maximum Gasteiger partial charge on any atom is 0.329 e. The number of carbonyl (C=O) groups is 4. The van der Waals surface area contributed by atoms with E-state index in [4.69, 9.17) is 4.74 Å². The molecule has 0 radical (unpaired) electrons. The quantitative estimate of drug-likeness (QED) is 0.467. The largest absolute Gasteiger partial charge is 0.454 e. The molecule has 1 saturated heterocycles. The van der Waals surface area contributed by atoms with Crippen LogP contribution in [-0.4, -0.2) is 41.2 Å². The van der Waals surface area contributed by atoms with Gasteiger partial charge in [-0.2, -0.15) is 0 Å². The highest BCUT2D eigenvalue weighted by Crippen LogP contribution is 2.36. The number of nitrogens with zero attached hydrogens (tertiary/aromatic N) is 1. The molecule has 1 aliphatic carbocycles. The van der Waals surface area contributed by atoms with E-state index in [1.54, 1.807) is 0 Å². The highest BCUT2D eigenvalue weighted by Gasteiger charge is 2.50. The van der Waals surface area contributed by atoms with E-state index >= 15 is 0 Å². The summed E-state index contributed by atoms with van der Waals surface area (Å²) in [5, 5.41) is 2.76. The third kappa shape index (κ3) is 4.09. The summed E-state index contributed by atoms with van der Waals surface area (Å²) in [5.74, 6) is -2.74. The second-order valence-corrected chi connectivity index (χ2v) is 7.81. The number of benzene rings is 1. The van der Waals surface area contributed by atoms with Crippen molar-refractivity contribution in [3.8, 4) is 0 Å². The normalized spacial score (nSPS) is 21.7. The van der Waals surface area contributed by atoms with Gasteiger partial charge < -0.3 is 10.1 Å². The van der Waals surface area contributed by atoms with Gasteiger partial charge in [-0.3, -0.25) is 19.3 Å². The average molecular weight is 398 g/mol. The van der Waals surface area contributed by atoms with E-state index in [9.17, 15) is 19.2 Å². The Bertz CT molecular complexity index is 855. The van der Waals surface area contributed by atoms with E-state index in [0.717, 1.165) is 21.6 Å². The summed E-state index contributed by atoms with van der Waals surface area (Å²) < 4.78 is 5.09. The number of nitrogens with one attached hydrogen (secondary N) is 1. The van der Waals surface area contributed by atoms with Gasteiger partial charge >= 0.3 is 5.97 Å². The predicted octanol–water partition coefficient (Wildman–Crippen LogP) is 2.43. The Labute approximate surface area is 170 Å². The number of likely N-dealkylation sites (tertiary alicyclic amines) is 1. The second kappa shape index (κ2) is 8.19. The van der Waals surface area contributed by atoms with Crippen LogP contribution in [0.5, 0.6) is 0 Å². The highest BCUT2D eigenvalue weighted by molar-refractivity contribution is 6.08. The molecule has 3 rings (SSSR count). The van der Waals surface area contributed by atoms with Crippen molar-refractivity contribution in [1.82, 2.24) is 4.90 Å². The molecule has 0 aromatic heterocycles. The summed E-state index contributed by atoms with van der Waals surface area (Å²) in [6.45, 7) is 6.72. The van der Waals surface area contributed by atoms with Crippen molar-refractivity contribution in [3.63, 3.8) is 0 Å². The number of allylic oxidation sites excluding steroid dienone is 2. The molecule has 0 saturated carbocycles. The molecule has 1 aromatic carbocycles. The van der Waals surface area contributed by atoms with E-state index < -0.39 is 36.4 Å². The molecular formula is C22H26N2O5. The minimum absolute atomic E-state index is 0.343. The summed E-state index contributed by atoms with van der Waals surface area (Å²) in [6, 6.07) is 2.85. The van der Waals surface area contributed by atoms with Crippen LogP contribution in [-0.2, 0) is 23.9 Å². The first-order valence-electron chi connectivity index (χ1n) is 9.77. The number of carbonyl (C=O) groups excluding carboxylic acids is 4. The van der Waals surface area contributed by atoms with Crippen molar-refractivity contribution < 1.29 is 23.9 Å². The zero-order valence-electron chi connectivity index (χ0n) is 17.2. The monoisotopic (exact) mass is 398 g/mol. The Morgan fingerprint density at radius 3 is 2.10 bits per heavy atom. The van der Waals surface area contributed by atoms with Crippen molar-refractivity contribution in [2.45, 2.75) is 46.6 Å². The minimum Gasteiger partial charge on any atom is -0.454 e. The van der Waals surface area contributed by atoms with Crippen LogP contribution in [0.3, 0.4) is 0 Å². The molecule has 0 bridgehead atoms. The van der Waals surface area contributed by atoms with Gasteiger partial charge in [0.15, 0.2) is 6.61 Å². The average Bonchev–Trinajstić information content (AvgIpc) is 2.93. The molecular weight excluding hydrogens is 372 g/mol.